The molecule has 51 heavy (non-hydrogen) atoms. The zero-order valence-corrected chi connectivity index (χ0v) is 34.3. The topological polar surface area (TPSA) is 128 Å². The van der Waals surface area contributed by atoms with Gasteiger partial charge in [0.15, 0.2) is 0 Å². The highest BCUT2D eigenvalue weighted by molar-refractivity contribution is 7.45. The third-order valence-electron chi connectivity index (χ3n) is 8.94. The molecule has 4 unspecified atom stereocenters. The number of hydrogen-bond donors (Lipinski definition) is 3. The molecular formula is C41H79N2O7P. The number of unbranched alkanes of at least 4 members (excludes halogenated alkanes) is 16. The minimum Gasteiger partial charge on any atom is -0.756 e. The number of aliphatic hydroxyl groups excluding tert-OH is 2. The van der Waals surface area contributed by atoms with Gasteiger partial charge >= 0.3 is 0 Å². The number of phosphoric acid groups is 1. The molecule has 0 heterocycles. The molecule has 3 N–H and O–H groups in total. The maximum absolute atomic E-state index is 12.8. The number of nitrogens with one attached hydrogen (secondary N) is 1. The van der Waals surface area contributed by atoms with Crippen molar-refractivity contribution in [3.63, 3.8) is 0 Å². The standard InChI is InChI=1S/C41H79N2O7P/c1-6-8-10-12-14-16-18-20-21-22-24-26-28-30-32-34-40(45)42-38(37-50-51(47,48)49-36-35-43(3,4)5)41(46)39(44)33-31-29-27-25-23-19-17-15-13-11-9-7-2/h14,16,20-21,25,27,38-39,41,44,46H,6-13,15,17-19,22-24,26,28-37H2,1-5H3,(H-,42,45,47,48)/b16-14-,21-20-,27-25+. The molecule has 0 saturated carbocycles. The number of phosphoric ester groups is 1. The fourth-order valence-electron chi connectivity index (χ4n) is 5.58. The molecule has 300 valence electrons. The zero-order valence-electron chi connectivity index (χ0n) is 33.4. The number of nitrogens with zero attached hydrogens (tertiary/aromatic N) is 1. The van der Waals surface area contributed by atoms with Crippen LogP contribution in [0.25, 0.3) is 0 Å². The lowest BCUT2D eigenvalue weighted by Gasteiger charge is -2.31. The average Bonchev–Trinajstić information content (AvgIpc) is 3.07. The van der Waals surface area contributed by atoms with E-state index in [1.807, 2.05) is 21.1 Å². The van der Waals surface area contributed by atoms with Crippen LogP contribution in [0.3, 0.4) is 0 Å². The highest BCUT2D eigenvalue weighted by Gasteiger charge is 2.29. The fourth-order valence-corrected chi connectivity index (χ4v) is 6.30. The van der Waals surface area contributed by atoms with Gasteiger partial charge in [-0.25, -0.2) is 0 Å². The Kier molecular flexibility index (Phi) is 32.4. The number of quaternary nitrogens is 1. The Morgan fingerprint density at radius 2 is 1.18 bits per heavy atom. The molecule has 0 aromatic heterocycles. The minimum absolute atomic E-state index is 0.0498. The first-order valence-electron chi connectivity index (χ1n) is 20.4. The largest absolute Gasteiger partial charge is 0.756 e. The van der Waals surface area contributed by atoms with Gasteiger partial charge in [-0.15, -0.1) is 0 Å². The van der Waals surface area contributed by atoms with Gasteiger partial charge in [0.05, 0.1) is 39.9 Å². The van der Waals surface area contributed by atoms with E-state index in [1.54, 1.807) is 0 Å². The maximum Gasteiger partial charge on any atom is 0.268 e. The molecule has 0 saturated heterocycles. The summed E-state index contributed by atoms with van der Waals surface area (Å²) in [6.45, 7) is 4.34. The smallest absolute Gasteiger partial charge is 0.268 e. The number of hydrogen-bond acceptors (Lipinski definition) is 7. The van der Waals surface area contributed by atoms with Crippen molar-refractivity contribution in [2.24, 2.45) is 0 Å². The van der Waals surface area contributed by atoms with Gasteiger partial charge in [-0.3, -0.25) is 9.36 Å². The van der Waals surface area contributed by atoms with Crippen molar-refractivity contribution in [1.82, 2.24) is 5.32 Å². The SMILES string of the molecule is CCCCC/C=C\C/C=C\CCCCCCCC(=O)NC(COP(=O)([O-])OCC[N+](C)(C)C)C(O)C(O)CCC/C=C/CCCCCCCCC. The first-order valence-corrected chi connectivity index (χ1v) is 21.9. The first kappa shape index (κ1) is 49.7. The second-order valence-corrected chi connectivity index (χ2v) is 16.5. The van der Waals surface area contributed by atoms with Gasteiger partial charge < -0.3 is 34.0 Å². The molecule has 0 aromatic carbocycles. The van der Waals surface area contributed by atoms with Crippen LogP contribution in [0.2, 0.25) is 0 Å². The van der Waals surface area contributed by atoms with Gasteiger partial charge in [0.25, 0.3) is 7.82 Å². The van der Waals surface area contributed by atoms with Gasteiger partial charge in [-0.1, -0.05) is 121 Å². The summed E-state index contributed by atoms with van der Waals surface area (Å²) in [5.74, 6) is -0.305. The number of aliphatic hydroxyl groups is 2. The normalized spacial score (nSPS) is 15.5. The van der Waals surface area contributed by atoms with Crippen LogP contribution in [0.15, 0.2) is 36.5 Å². The second-order valence-electron chi connectivity index (χ2n) is 15.1. The lowest BCUT2D eigenvalue weighted by atomic mass is 10.0. The monoisotopic (exact) mass is 743 g/mol. The predicted octanol–water partition coefficient (Wildman–Crippen LogP) is 9.08. The van der Waals surface area contributed by atoms with Crippen LogP contribution in [0.5, 0.6) is 0 Å². The summed E-state index contributed by atoms with van der Waals surface area (Å²) in [7, 11) is 1.09. The number of likely N-dealkylation sites (N-methyl/N-ethyl adjacent to an activating group) is 1. The molecule has 0 rings (SSSR count). The minimum atomic E-state index is -4.67. The summed E-state index contributed by atoms with van der Waals surface area (Å²) in [5, 5.41) is 24.5. The number of rotatable bonds is 36. The quantitative estimate of drug-likeness (QED) is 0.0253. The Morgan fingerprint density at radius 1 is 0.706 bits per heavy atom. The fraction of sp³-hybridized carbons (Fsp3) is 0.829. The number of allylic oxidation sites excluding steroid dienone is 6. The first-order chi connectivity index (χ1) is 24.4. The molecule has 0 radical (unpaired) electrons. The molecule has 0 aliphatic rings. The van der Waals surface area contributed by atoms with Gasteiger partial charge in [-0.2, -0.15) is 0 Å². The van der Waals surface area contributed by atoms with Crippen LogP contribution in [0, 0.1) is 0 Å². The van der Waals surface area contributed by atoms with Gasteiger partial charge in [0, 0.05) is 6.42 Å². The second kappa shape index (κ2) is 33.3. The van der Waals surface area contributed by atoms with E-state index >= 15 is 0 Å². The molecule has 1 amide bonds. The molecule has 0 spiro atoms. The molecule has 4 atom stereocenters. The highest BCUT2D eigenvalue weighted by Crippen LogP contribution is 2.38. The lowest BCUT2D eigenvalue weighted by molar-refractivity contribution is -0.870. The highest BCUT2D eigenvalue weighted by atomic mass is 31.2. The lowest BCUT2D eigenvalue weighted by Crippen LogP contribution is -2.51. The van der Waals surface area contributed by atoms with Gasteiger partial charge in [-0.05, 0) is 70.6 Å². The Labute approximate surface area is 313 Å². The van der Waals surface area contributed by atoms with E-state index in [9.17, 15) is 24.5 Å². The number of carbonyl (C=O) groups excluding carboxylic acids is 1. The Bertz CT molecular complexity index is 951. The summed E-state index contributed by atoms with van der Waals surface area (Å²) in [6, 6.07) is -1.09. The Balaban J connectivity index is 4.65. The van der Waals surface area contributed by atoms with Crippen LogP contribution >= 0.6 is 7.82 Å². The van der Waals surface area contributed by atoms with Crippen molar-refractivity contribution < 1.29 is 38.0 Å². The van der Waals surface area contributed by atoms with E-state index < -0.39 is 32.7 Å². The van der Waals surface area contributed by atoms with E-state index in [4.69, 9.17) is 9.05 Å². The maximum atomic E-state index is 12.8. The van der Waals surface area contributed by atoms with Crippen molar-refractivity contribution in [1.29, 1.82) is 0 Å². The molecule has 0 aromatic rings. The molecule has 10 heteroatoms. The molecule has 0 fully saturated rings. The van der Waals surface area contributed by atoms with Gasteiger partial charge in [0.1, 0.15) is 19.3 Å². The Morgan fingerprint density at radius 3 is 1.75 bits per heavy atom. The van der Waals surface area contributed by atoms with Crippen LogP contribution in [0.4, 0.5) is 0 Å². The van der Waals surface area contributed by atoms with Crippen molar-refractivity contribution in [3.05, 3.63) is 36.5 Å². The Hall–Kier alpha value is -1.32. The molecule has 0 bridgehead atoms. The van der Waals surface area contributed by atoms with E-state index in [-0.39, 0.29) is 18.9 Å². The summed E-state index contributed by atoms with van der Waals surface area (Å²) in [6.07, 6.45) is 34.7. The molecule has 9 nitrogen and oxygen atoms in total. The number of amides is 1. The van der Waals surface area contributed by atoms with Gasteiger partial charge in [0.2, 0.25) is 5.91 Å². The third kappa shape index (κ3) is 34.2. The molecule has 0 aliphatic carbocycles. The summed E-state index contributed by atoms with van der Waals surface area (Å²) in [4.78, 5) is 25.3. The van der Waals surface area contributed by atoms with E-state index in [2.05, 4.69) is 55.6 Å². The predicted molar refractivity (Wildman–Crippen MR) is 211 cm³/mol. The van der Waals surface area contributed by atoms with Crippen LogP contribution in [-0.2, 0) is 18.4 Å². The van der Waals surface area contributed by atoms with Crippen molar-refractivity contribution in [2.75, 3.05) is 40.9 Å². The summed E-state index contributed by atoms with van der Waals surface area (Å²) < 4.78 is 23.0. The number of carbonyl (C=O) groups is 1. The van der Waals surface area contributed by atoms with E-state index in [1.165, 1.54) is 70.6 Å². The molecular weight excluding hydrogens is 663 g/mol. The van der Waals surface area contributed by atoms with Crippen LogP contribution in [0.1, 0.15) is 162 Å². The van der Waals surface area contributed by atoms with Crippen LogP contribution < -0.4 is 10.2 Å². The average molecular weight is 743 g/mol. The van der Waals surface area contributed by atoms with Crippen molar-refractivity contribution >= 4 is 13.7 Å². The molecule has 0 aliphatic heterocycles. The third-order valence-corrected chi connectivity index (χ3v) is 9.91. The van der Waals surface area contributed by atoms with Crippen molar-refractivity contribution in [3.8, 4) is 0 Å². The summed E-state index contributed by atoms with van der Waals surface area (Å²) in [5.41, 5.74) is 0. The van der Waals surface area contributed by atoms with Crippen molar-refractivity contribution in [2.45, 2.75) is 180 Å². The van der Waals surface area contributed by atoms with Crippen LogP contribution in [-0.4, -0.2) is 79.8 Å². The summed E-state index contributed by atoms with van der Waals surface area (Å²) >= 11 is 0. The van der Waals surface area contributed by atoms with E-state index in [0.29, 0.717) is 30.3 Å². The zero-order chi connectivity index (χ0) is 38.1. The van der Waals surface area contributed by atoms with E-state index in [0.717, 1.165) is 51.4 Å².